The van der Waals surface area contributed by atoms with Crippen molar-refractivity contribution < 1.29 is 19.3 Å². The Morgan fingerprint density at radius 3 is 2.38 bits per heavy atom. The van der Waals surface area contributed by atoms with Gasteiger partial charge < -0.3 is 15.2 Å². The summed E-state index contributed by atoms with van der Waals surface area (Å²) in [5.74, 6) is 1.06. The Bertz CT molecular complexity index is 1400. The fraction of sp³-hybridized carbons (Fsp3) is 0.125. The van der Waals surface area contributed by atoms with Crippen LogP contribution in [0, 0.1) is 18.3 Å². The van der Waals surface area contributed by atoms with E-state index >= 15 is 0 Å². The van der Waals surface area contributed by atoms with Gasteiger partial charge in [0.25, 0.3) is 5.82 Å². The first-order chi connectivity index (χ1) is 15.4. The maximum absolute atomic E-state index is 13.2. The van der Waals surface area contributed by atoms with Gasteiger partial charge in [-0.25, -0.2) is 4.98 Å². The highest BCUT2D eigenvalue weighted by Gasteiger charge is 2.27. The van der Waals surface area contributed by atoms with Crippen LogP contribution in [-0.4, -0.2) is 20.0 Å². The van der Waals surface area contributed by atoms with Crippen molar-refractivity contribution in [2.75, 3.05) is 25.7 Å². The number of benzene rings is 2. The van der Waals surface area contributed by atoms with E-state index in [1.807, 2.05) is 19.1 Å². The molecule has 0 radical (unpaired) electrons. The molecule has 0 bridgehead atoms. The number of nitrogen functional groups attached to an aromatic ring is 2. The number of nitrogens with two attached hydrogens (primary N) is 2. The van der Waals surface area contributed by atoms with Crippen LogP contribution < -0.4 is 25.9 Å². The minimum absolute atomic E-state index is 0.188. The maximum atomic E-state index is 13.2. The van der Waals surface area contributed by atoms with E-state index in [9.17, 15) is 10.1 Å². The Morgan fingerprint density at radius 2 is 1.75 bits per heavy atom. The molecule has 0 fully saturated rings. The molecule has 2 aromatic heterocycles. The predicted molar refractivity (Wildman–Crippen MR) is 125 cm³/mol. The van der Waals surface area contributed by atoms with Crippen molar-refractivity contribution in [2.24, 2.45) is 0 Å². The number of nitrogens with zero attached hydrogens (tertiary/aromatic N) is 1. The van der Waals surface area contributed by atoms with E-state index in [0.717, 1.165) is 5.56 Å². The summed E-state index contributed by atoms with van der Waals surface area (Å²) in [5.41, 5.74) is 16.0. The Morgan fingerprint density at radius 1 is 1.06 bits per heavy atom. The molecule has 4 aromatic rings. The number of fused-ring (bicyclic) bond motifs is 1. The molecule has 2 aromatic carbocycles. The Balaban J connectivity index is 2.00. The topological polar surface area (TPSA) is 126 Å². The molecule has 0 saturated heterocycles. The molecule has 0 unspecified atom stereocenters. The van der Waals surface area contributed by atoms with Gasteiger partial charge in [-0.15, -0.1) is 0 Å². The lowest BCUT2D eigenvalue weighted by atomic mass is 9.96. The van der Waals surface area contributed by atoms with Gasteiger partial charge in [-0.3, -0.25) is 10.5 Å². The molecular weight excluding hydrogens is 424 g/mol. The molecule has 4 rings (SSSR count). The van der Waals surface area contributed by atoms with Crippen LogP contribution in [0.2, 0.25) is 0 Å². The first-order valence-corrected chi connectivity index (χ1v) is 10.5. The summed E-state index contributed by atoms with van der Waals surface area (Å²) in [6.45, 7) is 1.96. The number of hydrogen-bond acceptors (Lipinski definition) is 7. The summed E-state index contributed by atoms with van der Waals surface area (Å²) >= 11 is 1.22. The summed E-state index contributed by atoms with van der Waals surface area (Å²) in [7, 11) is 3.08. The zero-order chi connectivity index (χ0) is 23.0. The second kappa shape index (κ2) is 8.21. The fourth-order valence-electron chi connectivity index (χ4n) is 3.63. The number of pyridine rings is 1. The molecule has 8 heteroatoms. The molecule has 0 aliphatic carbocycles. The van der Waals surface area contributed by atoms with Crippen molar-refractivity contribution in [3.8, 4) is 28.7 Å². The summed E-state index contributed by atoms with van der Waals surface area (Å²) in [4.78, 5) is 17.2. The molecule has 0 aliphatic rings. The monoisotopic (exact) mass is 445 g/mol. The van der Waals surface area contributed by atoms with Crippen LogP contribution in [0.25, 0.3) is 21.3 Å². The van der Waals surface area contributed by atoms with Gasteiger partial charge in [0.2, 0.25) is 5.78 Å². The van der Waals surface area contributed by atoms with Crippen LogP contribution in [-0.2, 0) is 0 Å². The molecule has 7 nitrogen and oxygen atoms in total. The first kappa shape index (κ1) is 21.2. The van der Waals surface area contributed by atoms with Gasteiger partial charge in [0.1, 0.15) is 16.5 Å². The lowest BCUT2D eigenvalue weighted by Crippen LogP contribution is -2.13. The third-order valence-corrected chi connectivity index (χ3v) is 6.39. The highest BCUT2D eigenvalue weighted by atomic mass is 32.1. The normalized spacial score (nSPS) is 10.7. The molecular formula is C24H21N4O3S+. The van der Waals surface area contributed by atoms with Crippen LogP contribution in [0.5, 0.6) is 11.5 Å². The van der Waals surface area contributed by atoms with Crippen molar-refractivity contribution in [3.63, 3.8) is 0 Å². The van der Waals surface area contributed by atoms with Gasteiger partial charge in [-0.2, -0.15) is 5.26 Å². The fourth-order valence-corrected chi connectivity index (χ4v) is 4.73. The molecule has 32 heavy (non-hydrogen) atoms. The average Bonchev–Trinajstić information content (AvgIpc) is 3.13. The number of carbonyl (C=O) groups is 1. The molecule has 5 N–H and O–H groups in total. The number of nitrogens with one attached hydrogen (secondary N) is 1. The van der Waals surface area contributed by atoms with Gasteiger partial charge in [-0.1, -0.05) is 47.2 Å². The van der Waals surface area contributed by atoms with Gasteiger partial charge in [0, 0.05) is 11.1 Å². The molecule has 0 saturated carbocycles. The van der Waals surface area contributed by atoms with E-state index in [1.54, 1.807) is 37.4 Å². The molecule has 2 heterocycles. The Labute approximate surface area is 188 Å². The Kier molecular flexibility index (Phi) is 5.43. The van der Waals surface area contributed by atoms with Crippen LogP contribution in [0.15, 0.2) is 42.5 Å². The minimum atomic E-state index is -0.188. The molecule has 0 atom stereocenters. The number of ketones is 1. The van der Waals surface area contributed by atoms with Crippen molar-refractivity contribution in [1.29, 1.82) is 5.26 Å². The lowest BCUT2D eigenvalue weighted by molar-refractivity contribution is -0.323. The van der Waals surface area contributed by atoms with Crippen LogP contribution >= 0.6 is 11.3 Å². The Hall–Kier alpha value is -4.09. The molecule has 0 spiro atoms. The summed E-state index contributed by atoms with van der Waals surface area (Å²) in [5, 5.41) is 10.4. The molecule has 0 aliphatic heterocycles. The number of ether oxygens (including phenoxy) is 2. The second-order valence-corrected chi connectivity index (χ2v) is 8.23. The standard InChI is InChI=1S/C24H20N4O3S/c1-12-4-6-13(7-5-12)21(29)22-20(26)19-18(15(11-25)23(27)28-24(19)32-22)14-8-9-16(30-2)17(10-14)31-3/h4-10H,26H2,1-3H3,(H2,27,28)/p+1. The quantitative estimate of drug-likeness (QED) is 0.448. The van der Waals surface area contributed by atoms with Crippen LogP contribution in [0.1, 0.15) is 26.4 Å². The van der Waals surface area contributed by atoms with E-state index in [0.29, 0.717) is 49.0 Å². The van der Waals surface area contributed by atoms with Gasteiger partial charge in [-0.05, 0) is 24.6 Å². The maximum Gasteiger partial charge on any atom is 0.290 e. The van der Waals surface area contributed by atoms with Gasteiger partial charge in [0.05, 0.1) is 25.3 Å². The van der Waals surface area contributed by atoms with E-state index in [-0.39, 0.29) is 17.2 Å². The van der Waals surface area contributed by atoms with Crippen molar-refractivity contribution in [3.05, 3.63) is 64.0 Å². The number of hydrogen-bond donors (Lipinski definition) is 2. The zero-order valence-electron chi connectivity index (χ0n) is 17.8. The van der Waals surface area contributed by atoms with Crippen molar-refractivity contribution in [1.82, 2.24) is 0 Å². The van der Waals surface area contributed by atoms with Crippen molar-refractivity contribution in [2.45, 2.75) is 6.92 Å². The van der Waals surface area contributed by atoms with E-state index < -0.39 is 0 Å². The minimum Gasteiger partial charge on any atom is -0.493 e. The van der Waals surface area contributed by atoms with Crippen LogP contribution in [0.4, 0.5) is 11.5 Å². The SMILES string of the molecule is COc1ccc(-c2c(C#N)c(N)[nH+]c3sc(C(=O)c4ccc(C)cc4)c(N)c23)cc1OC. The zero-order valence-corrected chi connectivity index (χ0v) is 18.6. The number of carbonyl (C=O) groups excluding carboxylic acids is 1. The number of methoxy groups -OCH3 is 2. The number of rotatable bonds is 5. The number of aromatic nitrogens is 1. The second-order valence-electron chi connectivity index (χ2n) is 7.21. The average molecular weight is 446 g/mol. The van der Waals surface area contributed by atoms with E-state index in [4.69, 9.17) is 20.9 Å². The van der Waals surface area contributed by atoms with E-state index in [2.05, 4.69) is 11.1 Å². The van der Waals surface area contributed by atoms with Gasteiger partial charge >= 0.3 is 0 Å². The van der Waals surface area contributed by atoms with Crippen LogP contribution in [0.3, 0.4) is 0 Å². The van der Waals surface area contributed by atoms with Crippen molar-refractivity contribution >= 4 is 38.8 Å². The summed E-state index contributed by atoms with van der Waals surface area (Å²) < 4.78 is 10.7. The third kappa shape index (κ3) is 3.39. The van der Waals surface area contributed by atoms with Gasteiger partial charge in [0.15, 0.2) is 16.3 Å². The summed E-state index contributed by atoms with van der Waals surface area (Å²) in [6.07, 6.45) is 0. The number of H-pyrrole nitrogens is 1. The number of aromatic amines is 1. The highest BCUT2D eigenvalue weighted by molar-refractivity contribution is 7.21. The number of anilines is 2. The lowest BCUT2D eigenvalue weighted by Gasteiger charge is -2.11. The smallest absolute Gasteiger partial charge is 0.290 e. The first-order valence-electron chi connectivity index (χ1n) is 9.70. The summed E-state index contributed by atoms with van der Waals surface area (Å²) in [6, 6.07) is 14.8. The highest BCUT2D eigenvalue weighted by Crippen LogP contribution is 2.43. The third-order valence-electron chi connectivity index (χ3n) is 5.27. The number of nitriles is 1. The molecule has 0 amide bonds. The predicted octanol–water partition coefficient (Wildman–Crippen LogP) is 3.98. The largest absolute Gasteiger partial charge is 0.493 e. The number of aryl methyl sites for hydroxylation is 1. The number of thiophene rings is 1. The van der Waals surface area contributed by atoms with E-state index in [1.165, 1.54) is 18.4 Å². The molecule has 160 valence electrons.